The van der Waals surface area contributed by atoms with Crippen molar-refractivity contribution in [2.45, 2.75) is 25.8 Å². The fraction of sp³-hybridized carbons (Fsp3) is 0.238. The Labute approximate surface area is 189 Å². The number of aryl methyl sites for hydroxylation is 1. The van der Waals surface area contributed by atoms with E-state index in [2.05, 4.69) is 30.3 Å². The molecule has 0 saturated carbocycles. The zero-order valence-corrected chi connectivity index (χ0v) is 17.5. The Bertz CT molecular complexity index is 1170. The van der Waals surface area contributed by atoms with Gasteiger partial charge in [0, 0.05) is 25.0 Å². The van der Waals surface area contributed by atoms with Crippen molar-refractivity contribution in [3.05, 3.63) is 71.3 Å². The molecule has 0 spiro atoms. The van der Waals surface area contributed by atoms with Crippen LogP contribution in [0.5, 0.6) is 5.75 Å². The van der Waals surface area contributed by atoms with Gasteiger partial charge in [0.05, 0.1) is 11.8 Å². The number of pyridine rings is 1. The van der Waals surface area contributed by atoms with Crippen LogP contribution < -0.4 is 15.4 Å². The second-order valence-electron chi connectivity index (χ2n) is 7.05. The van der Waals surface area contributed by atoms with E-state index in [1.165, 1.54) is 25.4 Å². The van der Waals surface area contributed by atoms with Gasteiger partial charge in [-0.15, -0.1) is 0 Å². The molecule has 0 atom stereocenters. The van der Waals surface area contributed by atoms with Crippen LogP contribution in [0.4, 0.5) is 38.0 Å². The first-order valence-corrected chi connectivity index (χ1v) is 9.60. The van der Waals surface area contributed by atoms with Crippen LogP contribution in [0.1, 0.15) is 27.2 Å². The molecule has 2 N–H and O–H groups in total. The molecule has 1 amide bonds. The quantitative estimate of drug-likeness (QED) is 0.458. The number of halogens is 6. The van der Waals surface area contributed by atoms with Crippen LogP contribution in [0.2, 0.25) is 0 Å². The number of alkyl halides is 6. The highest BCUT2D eigenvalue weighted by atomic mass is 19.4. The summed E-state index contributed by atoms with van der Waals surface area (Å²) in [7, 11) is 0. The largest absolute Gasteiger partial charge is 0.482 e. The van der Waals surface area contributed by atoms with Crippen molar-refractivity contribution in [1.82, 2.24) is 15.0 Å². The van der Waals surface area contributed by atoms with Gasteiger partial charge in [-0.3, -0.25) is 9.78 Å². The number of anilines is 2. The SMILES string of the molecule is Cc1cc(CNc2nccc(C(=O)Nc3cnccc3OCC(F)(F)F)n2)cc(C(F)(F)F)c1. The number of nitrogens with zero attached hydrogens (tertiary/aromatic N) is 3. The Morgan fingerprint density at radius 1 is 1.06 bits per heavy atom. The molecule has 34 heavy (non-hydrogen) atoms. The minimum Gasteiger partial charge on any atom is -0.482 e. The summed E-state index contributed by atoms with van der Waals surface area (Å²) in [5, 5.41) is 5.10. The molecule has 3 rings (SSSR count). The van der Waals surface area contributed by atoms with Gasteiger partial charge in [0.2, 0.25) is 5.95 Å². The summed E-state index contributed by atoms with van der Waals surface area (Å²) >= 11 is 0. The van der Waals surface area contributed by atoms with Gasteiger partial charge in [0.15, 0.2) is 6.61 Å². The maximum Gasteiger partial charge on any atom is 0.422 e. The molecule has 0 aliphatic rings. The van der Waals surface area contributed by atoms with E-state index in [0.717, 1.165) is 24.4 Å². The maximum absolute atomic E-state index is 13.0. The lowest BCUT2D eigenvalue weighted by molar-refractivity contribution is -0.153. The summed E-state index contributed by atoms with van der Waals surface area (Å²) in [5.74, 6) is -1.07. The van der Waals surface area contributed by atoms with Crippen molar-refractivity contribution < 1.29 is 35.9 Å². The lowest BCUT2D eigenvalue weighted by atomic mass is 10.1. The van der Waals surface area contributed by atoms with Gasteiger partial charge in [-0.2, -0.15) is 26.3 Å². The molecule has 3 aromatic rings. The summed E-state index contributed by atoms with van der Waals surface area (Å²) in [5.41, 5.74) is -0.306. The third kappa shape index (κ3) is 7.05. The fourth-order valence-electron chi connectivity index (χ4n) is 2.83. The van der Waals surface area contributed by atoms with Gasteiger partial charge in [-0.25, -0.2) is 9.97 Å². The molecule has 0 unspecified atom stereocenters. The molecular weight excluding hydrogens is 468 g/mol. The molecule has 0 bridgehead atoms. The van der Waals surface area contributed by atoms with E-state index in [0.29, 0.717) is 11.1 Å². The van der Waals surface area contributed by atoms with E-state index >= 15 is 0 Å². The number of carbonyl (C=O) groups is 1. The number of hydrogen-bond acceptors (Lipinski definition) is 6. The van der Waals surface area contributed by atoms with Crippen LogP contribution in [-0.4, -0.2) is 33.6 Å². The maximum atomic E-state index is 13.0. The Morgan fingerprint density at radius 3 is 2.53 bits per heavy atom. The number of carbonyl (C=O) groups excluding carboxylic acids is 1. The van der Waals surface area contributed by atoms with Crippen LogP contribution in [-0.2, 0) is 12.7 Å². The van der Waals surface area contributed by atoms with E-state index in [9.17, 15) is 31.1 Å². The first-order valence-electron chi connectivity index (χ1n) is 9.60. The van der Waals surface area contributed by atoms with Crippen molar-refractivity contribution in [3.8, 4) is 5.75 Å². The van der Waals surface area contributed by atoms with E-state index < -0.39 is 30.4 Å². The number of hydrogen-bond donors (Lipinski definition) is 2. The minimum atomic E-state index is -4.57. The van der Waals surface area contributed by atoms with E-state index in [1.807, 2.05) is 0 Å². The average Bonchev–Trinajstić information content (AvgIpc) is 2.76. The van der Waals surface area contributed by atoms with Crippen molar-refractivity contribution in [2.24, 2.45) is 0 Å². The molecule has 180 valence electrons. The van der Waals surface area contributed by atoms with Crippen molar-refractivity contribution >= 4 is 17.5 Å². The molecule has 0 radical (unpaired) electrons. The molecule has 13 heteroatoms. The first-order chi connectivity index (χ1) is 15.9. The normalized spacial score (nSPS) is 11.7. The lowest BCUT2D eigenvalue weighted by Gasteiger charge is -2.13. The Kier molecular flexibility index (Phi) is 7.23. The predicted molar refractivity (Wildman–Crippen MR) is 109 cm³/mol. The fourth-order valence-corrected chi connectivity index (χ4v) is 2.83. The van der Waals surface area contributed by atoms with Gasteiger partial charge in [-0.05, 0) is 30.7 Å². The van der Waals surface area contributed by atoms with Crippen LogP contribution in [0.3, 0.4) is 0 Å². The van der Waals surface area contributed by atoms with Crippen molar-refractivity contribution in [1.29, 1.82) is 0 Å². The van der Waals surface area contributed by atoms with Gasteiger partial charge in [0.1, 0.15) is 17.1 Å². The Morgan fingerprint density at radius 2 is 1.82 bits per heavy atom. The van der Waals surface area contributed by atoms with Gasteiger partial charge >= 0.3 is 12.4 Å². The monoisotopic (exact) mass is 485 g/mol. The van der Waals surface area contributed by atoms with Gasteiger partial charge in [-0.1, -0.05) is 11.6 Å². The highest BCUT2D eigenvalue weighted by Gasteiger charge is 2.31. The second-order valence-corrected chi connectivity index (χ2v) is 7.05. The summed E-state index contributed by atoms with van der Waals surface area (Å²) in [6.07, 6.45) is -5.52. The highest BCUT2D eigenvalue weighted by molar-refractivity contribution is 6.03. The highest BCUT2D eigenvalue weighted by Crippen LogP contribution is 2.31. The Balaban J connectivity index is 1.70. The van der Waals surface area contributed by atoms with E-state index in [4.69, 9.17) is 0 Å². The molecule has 0 aliphatic carbocycles. The lowest BCUT2D eigenvalue weighted by Crippen LogP contribution is -2.21. The average molecular weight is 485 g/mol. The van der Waals surface area contributed by atoms with Gasteiger partial charge in [0.25, 0.3) is 5.91 Å². The standard InChI is InChI=1S/C21H17F6N5O2/c1-12-6-13(8-14(7-12)21(25,26)27)9-30-19-29-5-2-15(32-19)18(33)31-16-10-28-4-3-17(16)34-11-20(22,23)24/h2-8,10H,9,11H2,1H3,(H,31,33)(H,29,30,32). The number of amides is 1. The first kappa shape index (κ1) is 24.7. The molecule has 7 nitrogen and oxygen atoms in total. The van der Waals surface area contributed by atoms with Crippen LogP contribution >= 0.6 is 0 Å². The smallest absolute Gasteiger partial charge is 0.422 e. The van der Waals surface area contributed by atoms with Crippen LogP contribution in [0.15, 0.2) is 48.9 Å². The Hall–Kier alpha value is -3.90. The number of benzene rings is 1. The summed E-state index contributed by atoms with van der Waals surface area (Å²) < 4.78 is 81.0. The number of aromatic nitrogens is 3. The molecule has 0 aliphatic heterocycles. The summed E-state index contributed by atoms with van der Waals surface area (Å²) in [6, 6.07) is 5.98. The van der Waals surface area contributed by atoms with Crippen LogP contribution in [0.25, 0.3) is 0 Å². The summed E-state index contributed by atoms with van der Waals surface area (Å²) in [4.78, 5) is 24.2. The van der Waals surface area contributed by atoms with Gasteiger partial charge < -0.3 is 15.4 Å². The zero-order valence-electron chi connectivity index (χ0n) is 17.5. The molecular formula is C21H17F6N5O2. The number of ether oxygens (including phenoxy) is 1. The number of rotatable bonds is 7. The predicted octanol–water partition coefficient (Wildman–Crippen LogP) is 5.00. The molecule has 2 aromatic heterocycles. The molecule has 0 fully saturated rings. The van der Waals surface area contributed by atoms with Crippen molar-refractivity contribution in [3.63, 3.8) is 0 Å². The molecule has 0 saturated heterocycles. The second kappa shape index (κ2) is 9.93. The third-order valence-corrected chi connectivity index (χ3v) is 4.22. The molecule has 1 aromatic carbocycles. The van der Waals surface area contributed by atoms with Crippen molar-refractivity contribution in [2.75, 3.05) is 17.2 Å². The topological polar surface area (TPSA) is 89.0 Å². The molecule has 2 heterocycles. The number of nitrogens with one attached hydrogen (secondary N) is 2. The zero-order chi connectivity index (χ0) is 24.9. The van der Waals surface area contributed by atoms with E-state index in [-0.39, 0.29) is 29.6 Å². The minimum absolute atomic E-state index is 0.0394. The van der Waals surface area contributed by atoms with Crippen LogP contribution in [0, 0.1) is 6.92 Å². The third-order valence-electron chi connectivity index (χ3n) is 4.22. The van der Waals surface area contributed by atoms with E-state index in [1.54, 1.807) is 6.07 Å². The summed E-state index contributed by atoms with van der Waals surface area (Å²) in [6.45, 7) is -0.0737.